The van der Waals surface area contributed by atoms with Crippen molar-refractivity contribution in [2.24, 2.45) is 5.92 Å². The van der Waals surface area contributed by atoms with Crippen molar-refractivity contribution in [2.45, 2.75) is 26.8 Å². The number of nitrogens with one attached hydrogen (secondary N) is 1. The molecule has 0 aliphatic carbocycles. The van der Waals surface area contributed by atoms with Crippen LogP contribution in [0.5, 0.6) is 0 Å². The highest BCUT2D eigenvalue weighted by atomic mass is 16.5. The number of pyridine rings is 1. The summed E-state index contributed by atoms with van der Waals surface area (Å²) in [5.41, 5.74) is 3.83. The maximum absolute atomic E-state index is 12.1. The number of ether oxygens (including phenoxy) is 1. The lowest BCUT2D eigenvalue weighted by Gasteiger charge is -2.32. The molecule has 2 heterocycles. The second kappa shape index (κ2) is 8.43. The summed E-state index contributed by atoms with van der Waals surface area (Å²) >= 11 is 0. The number of morpholine rings is 1. The number of hydrogen-bond donors (Lipinski definition) is 1. The van der Waals surface area contributed by atoms with Crippen LogP contribution in [0.15, 0.2) is 42.6 Å². The van der Waals surface area contributed by atoms with Gasteiger partial charge in [-0.1, -0.05) is 38.1 Å². The van der Waals surface area contributed by atoms with Gasteiger partial charge >= 0.3 is 0 Å². The fourth-order valence-electron chi connectivity index (χ4n) is 3.11. The number of anilines is 1. The van der Waals surface area contributed by atoms with Gasteiger partial charge in [-0.25, -0.2) is 0 Å². The Morgan fingerprint density at radius 2 is 1.81 bits per heavy atom. The van der Waals surface area contributed by atoms with Gasteiger partial charge in [0.25, 0.3) is 0 Å². The summed E-state index contributed by atoms with van der Waals surface area (Å²) in [4.78, 5) is 19.0. The van der Waals surface area contributed by atoms with E-state index in [1.165, 1.54) is 5.56 Å². The molecule has 0 unspecified atom stereocenters. The Bertz CT molecular complexity index is 737. The topological polar surface area (TPSA) is 54.5 Å². The third-order valence-corrected chi connectivity index (χ3v) is 4.85. The lowest BCUT2D eigenvalue weighted by Crippen LogP contribution is -2.37. The summed E-state index contributed by atoms with van der Waals surface area (Å²) in [7, 11) is 0. The zero-order chi connectivity index (χ0) is 18.5. The molecule has 0 bridgehead atoms. The van der Waals surface area contributed by atoms with Crippen molar-refractivity contribution in [3.05, 3.63) is 48.2 Å². The molecule has 3 rings (SSSR count). The molecule has 26 heavy (non-hydrogen) atoms. The van der Waals surface area contributed by atoms with E-state index in [4.69, 9.17) is 4.74 Å². The van der Waals surface area contributed by atoms with Crippen molar-refractivity contribution in [3.8, 4) is 11.3 Å². The minimum atomic E-state index is -0.0696. The minimum Gasteiger partial charge on any atom is -0.379 e. The van der Waals surface area contributed by atoms with Crippen LogP contribution < -0.4 is 5.32 Å². The molecule has 2 aromatic rings. The molecule has 138 valence electrons. The fourth-order valence-corrected chi connectivity index (χ4v) is 3.11. The van der Waals surface area contributed by atoms with E-state index in [9.17, 15) is 4.79 Å². The molecular formula is C21H27N3O2. The molecule has 0 radical (unpaired) electrons. The molecule has 1 saturated heterocycles. The van der Waals surface area contributed by atoms with Gasteiger partial charge in [0.05, 0.1) is 24.6 Å². The molecule has 1 aromatic heterocycles. The van der Waals surface area contributed by atoms with E-state index in [1.807, 2.05) is 26.0 Å². The molecule has 5 heteroatoms. The van der Waals surface area contributed by atoms with Crippen LogP contribution >= 0.6 is 0 Å². The van der Waals surface area contributed by atoms with Crippen LogP contribution in [0, 0.1) is 5.92 Å². The Morgan fingerprint density at radius 1 is 1.12 bits per heavy atom. The maximum atomic E-state index is 12.1. The Labute approximate surface area is 155 Å². The molecule has 1 amide bonds. The van der Waals surface area contributed by atoms with Crippen LogP contribution in [0.3, 0.4) is 0 Å². The second-order valence-corrected chi connectivity index (χ2v) is 6.99. The first-order valence-electron chi connectivity index (χ1n) is 9.24. The van der Waals surface area contributed by atoms with Crippen molar-refractivity contribution >= 4 is 11.6 Å². The highest BCUT2D eigenvalue weighted by molar-refractivity contribution is 5.95. The number of carbonyl (C=O) groups excluding carboxylic acids is 1. The summed E-state index contributed by atoms with van der Waals surface area (Å²) in [6, 6.07) is 12.6. The molecule has 0 saturated carbocycles. The normalized spacial score (nSPS) is 16.5. The monoisotopic (exact) mass is 353 g/mol. The van der Waals surface area contributed by atoms with E-state index in [2.05, 4.69) is 46.4 Å². The molecule has 1 fully saturated rings. The second-order valence-electron chi connectivity index (χ2n) is 6.99. The lowest BCUT2D eigenvalue weighted by atomic mass is 10.0. The third kappa shape index (κ3) is 4.29. The van der Waals surface area contributed by atoms with Crippen molar-refractivity contribution in [1.29, 1.82) is 0 Å². The first kappa shape index (κ1) is 18.5. The van der Waals surface area contributed by atoms with Crippen LogP contribution in [0.4, 0.5) is 5.69 Å². The Hall–Kier alpha value is -2.24. The van der Waals surface area contributed by atoms with Gasteiger partial charge in [0.2, 0.25) is 5.91 Å². The molecule has 5 nitrogen and oxygen atoms in total. The number of aromatic nitrogens is 1. The number of nitrogens with zero attached hydrogens (tertiary/aromatic N) is 2. The summed E-state index contributed by atoms with van der Waals surface area (Å²) in [5.74, 6) is -0.0726. The largest absolute Gasteiger partial charge is 0.379 e. The van der Waals surface area contributed by atoms with Gasteiger partial charge in [-0.15, -0.1) is 0 Å². The van der Waals surface area contributed by atoms with E-state index < -0.39 is 0 Å². The zero-order valence-corrected chi connectivity index (χ0v) is 15.7. The summed E-state index contributed by atoms with van der Waals surface area (Å²) in [5, 5.41) is 2.97. The van der Waals surface area contributed by atoms with Crippen molar-refractivity contribution in [2.75, 3.05) is 31.6 Å². The van der Waals surface area contributed by atoms with Gasteiger partial charge in [-0.3, -0.25) is 14.7 Å². The summed E-state index contributed by atoms with van der Waals surface area (Å²) in [6.45, 7) is 9.53. The zero-order valence-electron chi connectivity index (χ0n) is 15.7. The Morgan fingerprint density at radius 3 is 2.46 bits per heavy atom. The van der Waals surface area contributed by atoms with Gasteiger partial charge in [0, 0.05) is 36.8 Å². The Balaban J connectivity index is 1.79. The van der Waals surface area contributed by atoms with Crippen LogP contribution in [-0.4, -0.2) is 42.1 Å². The standard InChI is InChI=1S/C21H27N3O2/c1-15(2)21(25)23-19-5-4-10-22-20(19)18-8-6-17(7-9-18)16(3)24-11-13-26-14-12-24/h4-10,15-16H,11-14H2,1-3H3,(H,23,25)/t16-/m0/s1. The minimum absolute atomic E-state index is 0.00295. The highest BCUT2D eigenvalue weighted by Crippen LogP contribution is 2.28. The van der Waals surface area contributed by atoms with Gasteiger partial charge < -0.3 is 10.1 Å². The molecule has 1 atom stereocenters. The maximum Gasteiger partial charge on any atom is 0.226 e. The Kier molecular flexibility index (Phi) is 6.01. The van der Waals surface area contributed by atoms with Crippen molar-refractivity contribution in [1.82, 2.24) is 9.88 Å². The third-order valence-electron chi connectivity index (χ3n) is 4.85. The molecule has 1 aliphatic rings. The SMILES string of the molecule is CC(C)C(=O)Nc1cccnc1-c1ccc([C@H](C)N2CCOCC2)cc1. The van der Waals surface area contributed by atoms with Crippen molar-refractivity contribution < 1.29 is 9.53 Å². The smallest absolute Gasteiger partial charge is 0.226 e. The van der Waals surface area contributed by atoms with Gasteiger partial charge in [0.1, 0.15) is 0 Å². The summed E-state index contributed by atoms with van der Waals surface area (Å²) in [6.07, 6.45) is 1.75. The number of carbonyl (C=O) groups is 1. The van der Waals surface area contributed by atoms with Crippen LogP contribution in [0.2, 0.25) is 0 Å². The van der Waals surface area contributed by atoms with Gasteiger partial charge in [0.15, 0.2) is 0 Å². The number of rotatable bonds is 5. The van der Waals surface area contributed by atoms with E-state index in [0.717, 1.165) is 43.2 Å². The lowest BCUT2D eigenvalue weighted by molar-refractivity contribution is -0.118. The van der Waals surface area contributed by atoms with Gasteiger partial charge in [-0.05, 0) is 24.6 Å². The van der Waals surface area contributed by atoms with Crippen molar-refractivity contribution in [3.63, 3.8) is 0 Å². The number of hydrogen-bond acceptors (Lipinski definition) is 4. The number of amides is 1. The van der Waals surface area contributed by atoms with Crippen LogP contribution in [0.25, 0.3) is 11.3 Å². The van der Waals surface area contributed by atoms with Crippen LogP contribution in [-0.2, 0) is 9.53 Å². The predicted molar refractivity (Wildman–Crippen MR) is 104 cm³/mol. The predicted octanol–water partition coefficient (Wildman–Crippen LogP) is 3.74. The average Bonchev–Trinajstić information content (AvgIpc) is 2.68. The van der Waals surface area contributed by atoms with E-state index in [1.54, 1.807) is 6.20 Å². The molecule has 0 spiro atoms. The first-order valence-corrected chi connectivity index (χ1v) is 9.24. The van der Waals surface area contributed by atoms with Crippen LogP contribution in [0.1, 0.15) is 32.4 Å². The highest BCUT2D eigenvalue weighted by Gasteiger charge is 2.19. The van der Waals surface area contributed by atoms with E-state index in [0.29, 0.717) is 6.04 Å². The quantitative estimate of drug-likeness (QED) is 0.890. The fraction of sp³-hybridized carbons (Fsp3) is 0.429. The summed E-state index contributed by atoms with van der Waals surface area (Å²) < 4.78 is 5.44. The molecule has 1 N–H and O–H groups in total. The molecule has 1 aromatic carbocycles. The van der Waals surface area contributed by atoms with Gasteiger partial charge in [-0.2, -0.15) is 0 Å². The van der Waals surface area contributed by atoms with E-state index in [-0.39, 0.29) is 11.8 Å². The molecular weight excluding hydrogens is 326 g/mol. The van der Waals surface area contributed by atoms with E-state index >= 15 is 0 Å². The number of benzene rings is 1. The average molecular weight is 353 g/mol. The first-order chi connectivity index (χ1) is 12.6. The molecule has 1 aliphatic heterocycles.